The van der Waals surface area contributed by atoms with E-state index in [1.54, 1.807) is 36.4 Å². The molecule has 2 rings (SSSR count). The van der Waals surface area contributed by atoms with Gasteiger partial charge in [0.15, 0.2) is 0 Å². The normalized spacial score (nSPS) is 28.9. The Morgan fingerprint density at radius 2 is 1.81 bits per heavy atom. The molecular weight excluding hydrogens is 348 g/mol. The van der Waals surface area contributed by atoms with Crippen LogP contribution in [0.3, 0.4) is 0 Å². The quantitative estimate of drug-likeness (QED) is 0.601. The molecule has 1 aliphatic rings. The number of allylic oxidation sites excluding steroid dienone is 1. The Labute approximate surface area is 158 Å². The van der Waals surface area contributed by atoms with Crippen LogP contribution >= 0.6 is 0 Å². The molecule has 0 radical (unpaired) electrons. The van der Waals surface area contributed by atoms with Crippen LogP contribution in [0.25, 0.3) is 0 Å². The summed E-state index contributed by atoms with van der Waals surface area (Å²) in [7, 11) is 0. The number of hydrogen-bond acceptors (Lipinski definition) is 3. The molecule has 0 bridgehead atoms. The number of rotatable bonds is 8. The lowest BCUT2D eigenvalue weighted by Gasteiger charge is -2.54. The van der Waals surface area contributed by atoms with Gasteiger partial charge in [-0.2, -0.15) is 0 Å². The average Bonchev–Trinajstić information content (AvgIpc) is 2.62. The molecule has 3 N–H and O–H groups in total. The number of benzene rings is 1. The molecule has 0 saturated heterocycles. The van der Waals surface area contributed by atoms with Crippen molar-refractivity contribution in [2.45, 2.75) is 39.0 Å². The molecule has 1 aliphatic carbocycles. The highest BCUT2D eigenvalue weighted by Crippen LogP contribution is 2.61. The molecule has 4 atom stereocenters. The Balaban J connectivity index is 2.78. The zero-order valence-electron chi connectivity index (χ0n) is 15.4. The number of aliphatic carboxylic acids is 3. The van der Waals surface area contributed by atoms with Gasteiger partial charge in [0.1, 0.15) is 5.41 Å². The van der Waals surface area contributed by atoms with Gasteiger partial charge in [0.2, 0.25) is 0 Å². The molecule has 146 valence electrons. The zero-order valence-corrected chi connectivity index (χ0v) is 15.4. The molecular formula is C21H26O6. The number of carboxylic acid groups (broad SMARTS) is 3. The van der Waals surface area contributed by atoms with E-state index >= 15 is 0 Å². The standard InChI is InChI=1S/C21H26O6/c1-3-8-16-11-7-12-20(18(24)25,13-15-9-5-4-6-10-15)21(16,19(26)27)14(2)17(22)23/h3-6,9-10,14,16H,1,7-8,11-13H2,2H3,(H,22,23)(H,24,25)(H,26,27). The molecule has 1 saturated carbocycles. The topological polar surface area (TPSA) is 112 Å². The summed E-state index contributed by atoms with van der Waals surface area (Å²) in [4.78, 5) is 37.2. The van der Waals surface area contributed by atoms with Crippen molar-refractivity contribution in [3.63, 3.8) is 0 Å². The number of carboxylic acids is 3. The molecule has 0 aliphatic heterocycles. The molecule has 0 aromatic heterocycles. The minimum atomic E-state index is -1.94. The van der Waals surface area contributed by atoms with Gasteiger partial charge in [0.05, 0.1) is 11.3 Å². The highest BCUT2D eigenvalue weighted by atomic mass is 16.4. The Morgan fingerprint density at radius 3 is 2.30 bits per heavy atom. The second-order valence-corrected chi connectivity index (χ2v) is 7.40. The summed E-state index contributed by atoms with van der Waals surface area (Å²) in [6, 6.07) is 8.82. The lowest BCUT2D eigenvalue weighted by Crippen LogP contribution is -2.64. The summed E-state index contributed by atoms with van der Waals surface area (Å²) >= 11 is 0. The zero-order chi connectivity index (χ0) is 20.2. The summed E-state index contributed by atoms with van der Waals surface area (Å²) in [6.45, 7) is 4.99. The van der Waals surface area contributed by atoms with Crippen LogP contribution in [-0.4, -0.2) is 33.2 Å². The fraction of sp³-hybridized carbons (Fsp3) is 0.476. The predicted molar refractivity (Wildman–Crippen MR) is 99.2 cm³/mol. The van der Waals surface area contributed by atoms with Crippen LogP contribution in [0.1, 0.15) is 38.2 Å². The van der Waals surface area contributed by atoms with Crippen molar-refractivity contribution in [2.75, 3.05) is 0 Å². The number of hydrogen-bond donors (Lipinski definition) is 3. The van der Waals surface area contributed by atoms with E-state index in [0.717, 1.165) is 0 Å². The van der Waals surface area contributed by atoms with Crippen LogP contribution in [-0.2, 0) is 20.8 Å². The molecule has 1 aromatic rings. The second-order valence-electron chi connectivity index (χ2n) is 7.40. The van der Waals surface area contributed by atoms with Crippen LogP contribution in [0.2, 0.25) is 0 Å². The minimum Gasteiger partial charge on any atom is -0.481 e. The highest BCUT2D eigenvalue weighted by molar-refractivity contribution is 5.92. The fourth-order valence-corrected chi connectivity index (χ4v) is 5.05. The summed E-state index contributed by atoms with van der Waals surface area (Å²) < 4.78 is 0. The number of carbonyl (C=O) groups is 3. The lowest BCUT2D eigenvalue weighted by atomic mass is 9.45. The first-order chi connectivity index (χ1) is 12.7. The molecule has 6 nitrogen and oxygen atoms in total. The monoisotopic (exact) mass is 374 g/mol. The molecule has 6 heteroatoms. The summed E-state index contributed by atoms with van der Waals surface area (Å²) in [6.07, 6.45) is 2.89. The maximum atomic E-state index is 12.7. The SMILES string of the molecule is C=CCC1CCCC(Cc2ccccc2)(C(=O)O)C1(C(=O)O)C(C)C(=O)O. The van der Waals surface area contributed by atoms with Gasteiger partial charge in [-0.05, 0) is 37.2 Å². The minimum absolute atomic E-state index is 0.0270. The van der Waals surface area contributed by atoms with E-state index in [1.165, 1.54) is 6.92 Å². The van der Waals surface area contributed by atoms with Crippen LogP contribution in [0.5, 0.6) is 0 Å². The fourth-order valence-electron chi connectivity index (χ4n) is 5.05. The van der Waals surface area contributed by atoms with Crippen molar-refractivity contribution in [3.8, 4) is 0 Å². The smallest absolute Gasteiger partial charge is 0.311 e. The van der Waals surface area contributed by atoms with Crippen molar-refractivity contribution < 1.29 is 29.7 Å². The van der Waals surface area contributed by atoms with Crippen molar-refractivity contribution in [1.29, 1.82) is 0 Å². The summed E-state index contributed by atoms with van der Waals surface area (Å²) in [5.41, 5.74) is -2.97. The third-order valence-corrected chi connectivity index (χ3v) is 6.21. The first-order valence-corrected chi connectivity index (χ1v) is 9.08. The maximum Gasteiger partial charge on any atom is 0.311 e. The van der Waals surface area contributed by atoms with Crippen LogP contribution in [0, 0.1) is 22.7 Å². The first-order valence-electron chi connectivity index (χ1n) is 9.08. The van der Waals surface area contributed by atoms with Gasteiger partial charge >= 0.3 is 17.9 Å². The first kappa shape index (κ1) is 20.7. The Hall–Kier alpha value is -2.63. The van der Waals surface area contributed by atoms with Crippen molar-refractivity contribution in [2.24, 2.45) is 22.7 Å². The third kappa shape index (κ3) is 3.24. The van der Waals surface area contributed by atoms with Crippen molar-refractivity contribution >= 4 is 17.9 Å². The molecule has 1 fully saturated rings. The van der Waals surface area contributed by atoms with Crippen molar-refractivity contribution in [1.82, 2.24) is 0 Å². The van der Waals surface area contributed by atoms with E-state index in [9.17, 15) is 29.7 Å². The molecule has 4 unspecified atom stereocenters. The molecule has 1 aromatic carbocycles. The van der Waals surface area contributed by atoms with E-state index in [4.69, 9.17) is 0 Å². The third-order valence-electron chi connectivity index (χ3n) is 6.21. The second kappa shape index (κ2) is 7.94. The largest absolute Gasteiger partial charge is 0.481 e. The van der Waals surface area contributed by atoms with Gasteiger partial charge in [0.25, 0.3) is 0 Å². The highest BCUT2D eigenvalue weighted by Gasteiger charge is 2.69. The van der Waals surface area contributed by atoms with Gasteiger partial charge in [0, 0.05) is 0 Å². The molecule has 0 amide bonds. The molecule has 0 spiro atoms. The van der Waals surface area contributed by atoms with Gasteiger partial charge in [-0.25, -0.2) is 0 Å². The summed E-state index contributed by atoms with van der Waals surface area (Å²) in [5.74, 6) is -5.89. The van der Waals surface area contributed by atoms with E-state index < -0.39 is 40.6 Å². The Bertz CT molecular complexity index is 727. The van der Waals surface area contributed by atoms with E-state index in [1.807, 2.05) is 0 Å². The van der Waals surface area contributed by atoms with E-state index in [-0.39, 0.29) is 19.3 Å². The summed E-state index contributed by atoms with van der Waals surface area (Å²) in [5, 5.41) is 30.3. The van der Waals surface area contributed by atoms with E-state index in [0.29, 0.717) is 18.4 Å². The average molecular weight is 374 g/mol. The van der Waals surface area contributed by atoms with E-state index in [2.05, 4.69) is 6.58 Å². The van der Waals surface area contributed by atoms with Crippen LogP contribution in [0.15, 0.2) is 43.0 Å². The van der Waals surface area contributed by atoms with Gasteiger partial charge in [-0.3, -0.25) is 14.4 Å². The molecule has 0 heterocycles. The lowest BCUT2D eigenvalue weighted by molar-refractivity contribution is -0.200. The van der Waals surface area contributed by atoms with Gasteiger partial charge in [-0.15, -0.1) is 6.58 Å². The van der Waals surface area contributed by atoms with Crippen LogP contribution < -0.4 is 0 Å². The predicted octanol–water partition coefficient (Wildman–Crippen LogP) is 3.47. The maximum absolute atomic E-state index is 12.7. The Morgan fingerprint density at radius 1 is 1.19 bits per heavy atom. The Kier molecular flexibility index (Phi) is 6.08. The van der Waals surface area contributed by atoms with Gasteiger partial charge in [-0.1, -0.05) is 49.8 Å². The van der Waals surface area contributed by atoms with Crippen molar-refractivity contribution in [3.05, 3.63) is 48.6 Å². The molecule has 27 heavy (non-hydrogen) atoms. The van der Waals surface area contributed by atoms with Crippen LogP contribution in [0.4, 0.5) is 0 Å². The van der Waals surface area contributed by atoms with Gasteiger partial charge < -0.3 is 15.3 Å².